The van der Waals surface area contributed by atoms with Crippen molar-refractivity contribution in [1.29, 1.82) is 0 Å². The molecule has 21 heavy (non-hydrogen) atoms. The third-order valence-corrected chi connectivity index (χ3v) is 3.34. The van der Waals surface area contributed by atoms with Crippen molar-refractivity contribution >= 4 is 23.3 Å². The summed E-state index contributed by atoms with van der Waals surface area (Å²) in [5, 5.41) is 0. The van der Waals surface area contributed by atoms with Crippen molar-refractivity contribution in [3.63, 3.8) is 0 Å². The van der Waals surface area contributed by atoms with E-state index in [1.807, 2.05) is 18.2 Å². The number of nitrogens with zero attached hydrogens (tertiary/aromatic N) is 2. The first-order chi connectivity index (χ1) is 10.2. The summed E-state index contributed by atoms with van der Waals surface area (Å²) < 4.78 is 5.13. The number of anilines is 2. The van der Waals surface area contributed by atoms with Gasteiger partial charge in [0.25, 0.3) is 5.91 Å². The lowest BCUT2D eigenvalue weighted by Crippen LogP contribution is -2.32. The molecule has 0 spiro atoms. The number of methoxy groups -OCH3 is 1. The molecule has 0 radical (unpaired) electrons. The second-order valence-electron chi connectivity index (χ2n) is 4.63. The monoisotopic (exact) mass is 282 g/mol. The third-order valence-electron chi connectivity index (χ3n) is 3.34. The molecule has 0 saturated carbocycles. The molecule has 0 N–H and O–H groups in total. The van der Waals surface area contributed by atoms with Gasteiger partial charge in [-0.3, -0.25) is 9.69 Å². The molecule has 0 bridgehead atoms. The smallest absolute Gasteiger partial charge is 0.336 e. The first-order valence-electron chi connectivity index (χ1n) is 6.54. The molecule has 5 nitrogen and oxygen atoms in total. The Kier molecular flexibility index (Phi) is 3.31. The van der Waals surface area contributed by atoms with Crippen molar-refractivity contribution in [1.82, 2.24) is 0 Å². The lowest BCUT2D eigenvalue weighted by atomic mass is 10.3. The summed E-state index contributed by atoms with van der Waals surface area (Å²) in [6.07, 6.45) is 0. The summed E-state index contributed by atoms with van der Waals surface area (Å²) in [4.78, 5) is 27.3. The Morgan fingerprint density at radius 3 is 2.38 bits per heavy atom. The summed E-state index contributed by atoms with van der Waals surface area (Å²) >= 11 is 0. The molecule has 2 aromatic rings. The second-order valence-corrected chi connectivity index (χ2v) is 4.63. The first kappa shape index (κ1) is 13.2. The summed E-state index contributed by atoms with van der Waals surface area (Å²) in [7, 11) is 1.54. The van der Waals surface area contributed by atoms with E-state index in [1.165, 1.54) is 9.80 Å². The van der Waals surface area contributed by atoms with Crippen LogP contribution < -0.4 is 14.5 Å². The third kappa shape index (κ3) is 2.33. The molecule has 1 fully saturated rings. The van der Waals surface area contributed by atoms with E-state index in [4.69, 9.17) is 4.74 Å². The van der Waals surface area contributed by atoms with E-state index in [9.17, 15) is 9.59 Å². The van der Waals surface area contributed by atoms with Crippen LogP contribution in [0.1, 0.15) is 0 Å². The maximum absolute atomic E-state index is 12.5. The van der Waals surface area contributed by atoms with Crippen molar-refractivity contribution < 1.29 is 14.3 Å². The Morgan fingerprint density at radius 2 is 1.67 bits per heavy atom. The summed E-state index contributed by atoms with van der Waals surface area (Å²) in [6, 6.07) is 15.7. The molecule has 3 rings (SSSR count). The quantitative estimate of drug-likeness (QED) is 0.813. The number of imide groups is 1. The number of hydrogen-bond acceptors (Lipinski definition) is 3. The van der Waals surface area contributed by atoms with Crippen molar-refractivity contribution in [3.8, 4) is 5.75 Å². The minimum atomic E-state index is -0.348. The van der Waals surface area contributed by atoms with Gasteiger partial charge in [0.15, 0.2) is 0 Å². The van der Waals surface area contributed by atoms with Crippen LogP contribution in [0.15, 0.2) is 54.6 Å². The van der Waals surface area contributed by atoms with Crippen LogP contribution in [-0.2, 0) is 4.79 Å². The minimum absolute atomic E-state index is 0.0417. The van der Waals surface area contributed by atoms with Gasteiger partial charge in [-0.15, -0.1) is 0 Å². The van der Waals surface area contributed by atoms with E-state index in [-0.39, 0.29) is 18.5 Å². The fraction of sp³-hybridized carbons (Fsp3) is 0.125. The molecule has 1 heterocycles. The van der Waals surface area contributed by atoms with Crippen LogP contribution in [-0.4, -0.2) is 25.6 Å². The number of ether oxygens (including phenoxy) is 1. The number of carbonyl (C=O) groups excluding carboxylic acids is 2. The SMILES string of the molecule is COc1cccc(N2C(=O)CN(c3ccccc3)C2=O)c1. The summed E-state index contributed by atoms with van der Waals surface area (Å²) in [5.41, 5.74) is 1.23. The van der Waals surface area contributed by atoms with Gasteiger partial charge in [0.05, 0.1) is 12.8 Å². The Morgan fingerprint density at radius 1 is 0.952 bits per heavy atom. The fourth-order valence-corrected chi connectivity index (χ4v) is 2.31. The number of carbonyl (C=O) groups is 2. The van der Waals surface area contributed by atoms with Crippen molar-refractivity contribution in [2.45, 2.75) is 0 Å². The van der Waals surface area contributed by atoms with Crippen LogP contribution in [0.4, 0.5) is 16.2 Å². The number of hydrogen-bond donors (Lipinski definition) is 0. The van der Waals surface area contributed by atoms with Gasteiger partial charge in [-0.1, -0.05) is 24.3 Å². The van der Waals surface area contributed by atoms with Crippen LogP contribution in [0.25, 0.3) is 0 Å². The maximum Gasteiger partial charge on any atom is 0.336 e. The lowest BCUT2D eigenvalue weighted by molar-refractivity contribution is -0.115. The van der Waals surface area contributed by atoms with Crippen molar-refractivity contribution in [2.75, 3.05) is 23.5 Å². The zero-order chi connectivity index (χ0) is 14.8. The highest BCUT2D eigenvalue weighted by atomic mass is 16.5. The van der Waals surface area contributed by atoms with E-state index < -0.39 is 0 Å². The molecular weight excluding hydrogens is 268 g/mol. The highest BCUT2D eigenvalue weighted by Crippen LogP contribution is 2.28. The Labute approximate surface area is 122 Å². The predicted molar refractivity (Wildman–Crippen MR) is 79.7 cm³/mol. The average Bonchev–Trinajstić information content (AvgIpc) is 2.83. The molecule has 1 aliphatic rings. The van der Waals surface area contributed by atoms with Crippen LogP contribution in [0, 0.1) is 0 Å². The molecule has 3 amide bonds. The first-order valence-corrected chi connectivity index (χ1v) is 6.54. The number of urea groups is 1. The zero-order valence-corrected chi connectivity index (χ0v) is 11.5. The largest absolute Gasteiger partial charge is 0.497 e. The fourth-order valence-electron chi connectivity index (χ4n) is 2.31. The van der Waals surface area contributed by atoms with Crippen LogP contribution in [0.3, 0.4) is 0 Å². The standard InChI is InChI=1S/C16H14N2O3/c1-21-14-9-5-8-13(10-14)18-15(19)11-17(16(18)20)12-6-3-2-4-7-12/h2-10H,11H2,1H3. The van der Waals surface area contributed by atoms with Crippen LogP contribution in [0.5, 0.6) is 5.75 Å². The number of para-hydroxylation sites is 1. The second kappa shape index (κ2) is 5.28. The lowest BCUT2D eigenvalue weighted by Gasteiger charge is -2.17. The summed E-state index contributed by atoms with van der Waals surface area (Å²) in [6.45, 7) is 0.0417. The number of amides is 3. The highest BCUT2D eigenvalue weighted by molar-refractivity contribution is 6.26. The molecule has 5 heteroatoms. The van der Waals surface area contributed by atoms with Gasteiger partial charge < -0.3 is 4.74 Å². The van der Waals surface area contributed by atoms with Gasteiger partial charge in [0.2, 0.25) is 0 Å². The summed E-state index contributed by atoms with van der Waals surface area (Å²) in [5.74, 6) is 0.350. The maximum atomic E-state index is 12.5. The molecule has 0 atom stereocenters. The normalized spacial score (nSPS) is 14.7. The molecule has 0 aromatic heterocycles. The van der Waals surface area contributed by atoms with Gasteiger partial charge in [0.1, 0.15) is 12.3 Å². The molecule has 0 aliphatic carbocycles. The van der Waals surface area contributed by atoms with Gasteiger partial charge >= 0.3 is 6.03 Å². The van der Waals surface area contributed by atoms with E-state index in [0.717, 1.165) is 0 Å². The molecule has 106 valence electrons. The van der Waals surface area contributed by atoms with Crippen LogP contribution >= 0.6 is 0 Å². The Bertz CT molecular complexity index is 685. The van der Waals surface area contributed by atoms with Gasteiger partial charge in [-0.2, -0.15) is 0 Å². The Hall–Kier alpha value is -2.82. The Balaban J connectivity index is 1.94. The van der Waals surface area contributed by atoms with Crippen LogP contribution in [0.2, 0.25) is 0 Å². The molecule has 1 saturated heterocycles. The van der Waals surface area contributed by atoms with Crippen molar-refractivity contribution in [3.05, 3.63) is 54.6 Å². The highest BCUT2D eigenvalue weighted by Gasteiger charge is 2.37. The average molecular weight is 282 g/mol. The topological polar surface area (TPSA) is 49.9 Å². The van der Waals surface area contributed by atoms with Gasteiger partial charge in [0, 0.05) is 11.8 Å². The molecule has 0 unspecified atom stereocenters. The van der Waals surface area contributed by atoms with Gasteiger partial charge in [-0.05, 0) is 24.3 Å². The van der Waals surface area contributed by atoms with E-state index in [1.54, 1.807) is 43.5 Å². The van der Waals surface area contributed by atoms with E-state index in [2.05, 4.69) is 0 Å². The molecule has 1 aliphatic heterocycles. The molecular formula is C16H14N2O3. The zero-order valence-electron chi connectivity index (χ0n) is 11.5. The number of rotatable bonds is 3. The number of benzene rings is 2. The molecule has 2 aromatic carbocycles. The van der Waals surface area contributed by atoms with E-state index >= 15 is 0 Å². The van der Waals surface area contributed by atoms with Gasteiger partial charge in [-0.25, -0.2) is 9.69 Å². The predicted octanol–water partition coefficient (Wildman–Crippen LogP) is 2.67. The van der Waals surface area contributed by atoms with E-state index in [0.29, 0.717) is 17.1 Å². The minimum Gasteiger partial charge on any atom is -0.497 e. The van der Waals surface area contributed by atoms with Crippen molar-refractivity contribution in [2.24, 2.45) is 0 Å².